The molecule has 0 aliphatic heterocycles. The summed E-state index contributed by atoms with van der Waals surface area (Å²) in [6.45, 7) is 0.938. The molecule has 0 aliphatic rings. The number of nitrogens with two attached hydrogens (primary N) is 1. The molecule has 0 aromatic heterocycles. The van der Waals surface area contributed by atoms with Gasteiger partial charge in [0.05, 0.1) is 24.7 Å². The molecular formula is C10H16N4O4. The number of aliphatic hydroxyl groups is 1. The van der Waals surface area contributed by atoms with Gasteiger partial charge < -0.3 is 20.6 Å². The molecule has 1 aromatic carbocycles. The predicted molar refractivity (Wildman–Crippen MR) is 67.3 cm³/mol. The summed E-state index contributed by atoms with van der Waals surface area (Å²) >= 11 is 0. The number of ether oxygens (including phenoxy) is 1. The molecule has 18 heavy (non-hydrogen) atoms. The first kappa shape index (κ1) is 14.2. The van der Waals surface area contributed by atoms with Crippen LogP contribution in [0.5, 0.6) is 0 Å². The molecule has 0 unspecified atom stereocenters. The molecule has 1 rings (SSSR count). The smallest absolute Gasteiger partial charge is 0.316 e. The number of nitrogens with zero attached hydrogens (tertiary/aromatic N) is 1. The highest BCUT2D eigenvalue weighted by atomic mass is 16.6. The number of para-hydroxylation sites is 1. The van der Waals surface area contributed by atoms with Gasteiger partial charge in [0.1, 0.15) is 11.4 Å². The summed E-state index contributed by atoms with van der Waals surface area (Å²) < 4.78 is 5.04. The SMILES string of the molecule is NNc1cccc(NCCOCCO)c1[N+](=O)[O-]. The van der Waals surface area contributed by atoms with Gasteiger partial charge in [-0.25, -0.2) is 0 Å². The van der Waals surface area contributed by atoms with Gasteiger partial charge >= 0.3 is 5.69 Å². The van der Waals surface area contributed by atoms with E-state index < -0.39 is 4.92 Å². The van der Waals surface area contributed by atoms with Gasteiger partial charge in [-0.05, 0) is 12.1 Å². The number of nitrogen functional groups attached to an aromatic ring is 1. The molecule has 0 spiro atoms. The van der Waals surface area contributed by atoms with Crippen molar-refractivity contribution in [3.63, 3.8) is 0 Å². The molecule has 100 valence electrons. The van der Waals surface area contributed by atoms with Gasteiger partial charge in [0.15, 0.2) is 0 Å². The third kappa shape index (κ3) is 3.84. The number of hydrogen-bond acceptors (Lipinski definition) is 7. The van der Waals surface area contributed by atoms with Crippen molar-refractivity contribution in [2.45, 2.75) is 0 Å². The number of hydrogen-bond donors (Lipinski definition) is 4. The zero-order valence-electron chi connectivity index (χ0n) is 9.76. The number of nitro groups is 1. The van der Waals surface area contributed by atoms with Crippen LogP contribution in [0.3, 0.4) is 0 Å². The largest absolute Gasteiger partial charge is 0.394 e. The summed E-state index contributed by atoms with van der Waals surface area (Å²) in [6, 6.07) is 4.76. The fourth-order valence-corrected chi connectivity index (χ4v) is 1.42. The molecule has 8 heteroatoms. The van der Waals surface area contributed by atoms with E-state index in [9.17, 15) is 10.1 Å². The average molecular weight is 256 g/mol. The molecule has 1 aromatic rings. The highest BCUT2D eigenvalue weighted by Crippen LogP contribution is 2.31. The molecular weight excluding hydrogens is 240 g/mol. The first-order valence-corrected chi connectivity index (χ1v) is 5.37. The molecule has 0 saturated heterocycles. The normalized spacial score (nSPS) is 10.1. The summed E-state index contributed by atoms with van der Waals surface area (Å²) in [7, 11) is 0. The Hall–Kier alpha value is -1.90. The fourth-order valence-electron chi connectivity index (χ4n) is 1.42. The Morgan fingerprint density at radius 3 is 2.72 bits per heavy atom. The fraction of sp³-hybridized carbons (Fsp3) is 0.400. The van der Waals surface area contributed by atoms with Crippen molar-refractivity contribution >= 4 is 17.1 Å². The second-order valence-electron chi connectivity index (χ2n) is 3.37. The van der Waals surface area contributed by atoms with Crippen LogP contribution in [-0.2, 0) is 4.74 Å². The molecule has 0 fully saturated rings. The van der Waals surface area contributed by atoms with Crippen LogP contribution in [-0.4, -0.2) is 36.4 Å². The van der Waals surface area contributed by atoms with Crippen molar-refractivity contribution in [3.05, 3.63) is 28.3 Å². The number of benzene rings is 1. The van der Waals surface area contributed by atoms with Gasteiger partial charge in [0.25, 0.3) is 0 Å². The third-order valence-corrected chi connectivity index (χ3v) is 2.17. The second kappa shape index (κ2) is 7.43. The Balaban J connectivity index is 2.67. The number of nitrogens with one attached hydrogen (secondary N) is 2. The molecule has 8 nitrogen and oxygen atoms in total. The maximum Gasteiger partial charge on any atom is 0.316 e. The lowest BCUT2D eigenvalue weighted by molar-refractivity contribution is -0.383. The summed E-state index contributed by atoms with van der Waals surface area (Å²) in [5.41, 5.74) is 2.77. The van der Waals surface area contributed by atoms with E-state index in [0.29, 0.717) is 18.8 Å². The van der Waals surface area contributed by atoms with E-state index in [1.54, 1.807) is 12.1 Å². The van der Waals surface area contributed by atoms with E-state index >= 15 is 0 Å². The van der Waals surface area contributed by atoms with Crippen LogP contribution in [0.15, 0.2) is 18.2 Å². The maximum atomic E-state index is 10.9. The first-order chi connectivity index (χ1) is 8.70. The van der Waals surface area contributed by atoms with E-state index in [4.69, 9.17) is 15.7 Å². The molecule has 0 amide bonds. The molecule has 5 N–H and O–H groups in total. The van der Waals surface area contributed by atoms with Crippen molar-refractivity contribution in [1.29, 1.82) is 0 Å². The lowest BCUT2D eigenvalue weighted by Crippen LogP contribution is -2.14. The van der Waals surface area contributed by atoms with E-state index in [0.717, 1.165) is 0 Å². The Bertz CT molecular complexity index is 399. The topological polar surface area (TPSA) is 123 Å². The van der Waals surface area contributed by atoms with Crippen LogP contribution in [0.2, 0.25) is 0 Å². The highest BCUT2D eigenvalue weighted by Gasteiger charge is 2.18. The minimum atomic E-state index is -0.508. The lowest BCUT2D eigenvalue weighted by atomic mass is 10.2. The van der Waals surface area contributed by atoms with Gasteiger partial charge in [0.2, 0.25) is 0 Å². The Labute approximate surface area is 104 Å². The Morgan fingerprint density at radius 2 is 2.11 bits per heavy atom. The van der Waals surface area contributed by atoms with Gasteiger partial charge in [0, 0.05) is 6.54 Å². The summed E-state index contributed by atoms with van der Waals surface area (Å²) in [5, 5.41) is 22.3. The van der Waals surface area contributed by atoms with Gasteiger partial charge in [-0.1, -0.05) is 6.07 Å². The molecule has 0 heterocycles. The number of aliphatic hydroxyl groups excluding tert-OH is 1. The first-order valence-electron chi connectivity index (χ1n) is 5.37. The zero-order chi connectivity index (χ0) is 13.4. The minimum absolute atomic E-state index is 0.0489. The summed E-state index contributed by atoms with van der Waals surface area (Å²) in [5.74, 6) is 5.22. The van der Waals surface area contributed by atoms with Gasteiger partial charge in [-0.15, -0.1) is 0 Å². The highest BCUT2D eigenvalue weighted by molar-refractivity contribution is 5.75. The van der Waals surface area contributed by atoms with Crippen LogP contribution >= 0.6 is 0 Å². The standard InChI is InChI=1S/C10H16N4O4/c11-13-9-3-1-2-8(10(9)14(16)17)12-4-6-18-7-5-15/h1-3,12-13,15H,4-7,11H2. The zero-order valence-corrected chi connectivity index (χ0v) is 9.76. The predicted octanol–water partition coefficient (Wildman–Crippen LogP) is 0.301. The van der Waals surface area contributed by atoms with Crippen molar-refractivity contribution in [2.24, 2.45) is 5.84 Å². The van der Waals surface area contributed by atoms with Crippen molar-refractivity contribution < 1.29 is 14.8 Å². The molecule has 0 aliphatic carbocycles. The van der Waals surface area contributed by atoms with Gasteiger partial charge in [-0.2, -0.15) is 0 Å². The van der Waals surface area contributed by atoms with Gasteiger partial charge in [-0.3, -0.25) is 16.0 Å². The maximum absolute atomic E-state index is 10.9. The van der Waals surface area contributed by atoms with Crippen molar-refractivity contribution in [2.75, 3.05) is 37.1 Å². The summed E-state index contributed by atoms with van der Waals surface area (Å²) in [6.07, 6.45) is 0. The van der Waals surface area contributed by atoms with Crippen LogP contribution in [0, 0.1) is 10.1 Å². The van der Waals surface area contributed by atoms with Crippen LogP contribution < -0.4 is 16.6 Å². The van der Waals surface area contributed by atoms with E-state index in [1.807, 2.05) is 0 Å². The molecule has 0 radical (unpaired) electrons. The summed E-state index contributed by atoms with van der Waals surface area (Å²) in [4.78, 5) is 10.4. The van der Waals surface area contributed by atoms with Crippen molar-refractivity contribution in [3.8, 4) is 0 Å². The number of nitro benzene ring substituents is 1. The molecule has 0 saturated carbocycles. The average Bonchev–Trinajstić information content (AvgIpc) is 2.37. The van der Waals surface area contributed by atoms with Crippen LogP contribution in [0.4, 0.5) is 17.1 Å². The molecule has 0 bridgehead atoms. The van der Waals surface area contributed by atoms with E-state index in [2.05, 4.69) is 10.7 Å². The minimum Gasteiger partial charge on any atom is -0.394 e. The van der Waals surface area contributed by atoms with Crippen LogP contribution in [0.25, 0.3) is 0 Å². The van der Waals surface area contributed by atoms with Crippen LogP contribution in [0.1, 0.15) is 0 Å². The van der Waals surface area contributed by atoms with E-state index in [-0.39, 0.29) is 24.6 Å². The van der Waals surface area contributed by atoms with E-state index in [1.165, 1.54) is 6.07 Å². The quantitative estimate of drug-likeness (QED) is 0.228. The second-order valence-corrected chi connectivity index (χ2v) is 3.37. The molecule has 0 atom stereocenters. The monoisotopic (exact) mass is 256 g/mol. The Morgan fingerprint density at radius 1 is 1.39 bits per heavy atom. The number of anilines is 2. The Kier molecular flexibility index (Phi) is 5.85. The van der Waals surface area contributed by atoms with Crippen molar-refractivity contribution in [1.82, 2.24) is 0 Å². The third-order valence-electron chi connectivity index (χ3n) is 2.17. The number of rotatable bonds is 8. The number of hydrazine groups is 1. The lowest BCUT2D eigenvalue weighted by Gasteiger charge is -2.09.